The van der Waals surface area contributed by atoms with Crippen LogP contribution in [0.4, 0.5) is 5.69 Å². The molecule has 0 aliphatic heterocycles. The molecule has 1 aliphatic carbocycles. The maximum Gasteiger partial charge on any atom is 0.293 e. The fourth-order valence-corrected chi connectivity index (χ4v) is 3.62. The fraction of sp³-hybridized carbons (Fsp3) is 0.182. The minimum absolute atomic E-state index is 0.183. The molecule has 0 bridgehead atoms. The van der Waals surface area contributed by atoms with Crippen molar-refractivity contribution < 1.29 is 4.79 Å². The lowest BCUT2D eigenvalue weighted by Gasteiger charge is -2.10. The first-order valence-electron chi connectivity index (χ1n) is 9.70. The zero-order valence-corrected chi connectivity index (χ0v) is 16.7. The Morgan fingerprint density at radius 2 is 1.83 bits per heavy atom. The van der Waals surface area contributed by atoms with Gasteiger partial charge in [-0.3, -0.25) is 9.59 Å². The van der Waals surface area contributed by atoms with Crippen molar-refractivity contribution in [1.82, 2.24) is 19.6 Å². The monoisotopic (exact) mass is 419 g/mol. The van der Waals surface area contributed by atoms with Gasteiger partial charge in [-0.1, -0.05) is 29.8 Å². The Morgan fingerprint density at radius 1 is 1.10 bits per heavy atom. The number of anilines is 1. The first kappa shape index (κ1) is 18.6. The van der Waals surface area contributed by atoms with Crippen LogP contribution in [-0.4, -0.2) is 25.5 Å². The topological polar surface area (TPSA) is 81.8 Å². The molecule has 2 aromatic carbocycles. The summed E-state index contributed by atoms with van der Waals surface area (Å²) in [6.07, 6.45) is 3.74. The van der Waals surface area contributed by atoms with Crippen molar-refractivity contribution in [2.45, 2.75) is 25.3 Å². The fourth-order valence-electron chi connectivity index (χ4n) is 3.49. The van der Waals surface area contributed by atoms with E-state index in [0.29, 0.717) is 22.1 Å². The quantitative estimate of drug-likeness (QED) is 0.534. The molecule has 7 nitrogen and oxygen atoms in total. The van der Waals surface area contributed by atoms with Gasteiger partial charge in [-0.05, 0) is 49.2 Å². The normalized spacial score (nSPS) is 13.5. The predicted octanol–water partition coefficient (Wildman–Crippen LogP) is 3.75. The predicted molar refractivity (Wildman–Crippen MR) is 115 cm³/mol. The molecule has 5 rings (SSSR count). The van der Waals surface area contributed by atoms with Crippen LogP contribution in [0.2, 0.25) is 5.02 Å². The van der Waals surface area contributed by atoms with Gasteiger partial charge < -0.3 is 5.32 Å². The third-order valence-electron chi connectivity index (χ3n) is 5.10. The Hall–Kier alpha value is -3.45. The molecule has 1 aliphatic rings. The molecular weight excluding hydrogens is 402 g/mol. The van der Waals surface area contributed by atoms with Crippen molar-refractivity contribution in [3.05, 3.63) is 81.9 Å². The number of aromatic nitrogens is 4. The summed E-state index contributed by atoms with van der Waals surface area (Å²) in [6.45, 7) is -0.183. The van der Waals surface area contributed by atoms with E-state index in [1.165, 1.54) is 4.68 Å². The second kappa shape index (κ2) is 7.42. The molecule has 8 heteroatoms. The van der Waals surface area contributed by atoms with E-state index in [9.17, 15) is 9.59 Å². The third-order valence-corrected chi connectivity index (χ3v) is 5.35. The molecule has 0 spiro atoms. The zero-order chi connectivity index (χ0) is 20.7. The number of rotatable bonds is 5. The Labute approximate surface area is 176 Å². The summed E-state index contributed by atoms with van der Waals surface area (Å²) < 4.78 is 2.86. The minimum atomic E-state index is -0.345. The number of nitrogens with zero attached hydrogens (tertiary/aromatic N) is 4. The number of benzene rings is 2. The van der Waals surface area contributed by atoms with Gasteiger partial charge >= 0.3 is 0 Å². The third kappa shape index (κ3) is 3.48. The van der Waals surface area contributed by atoms with Crippen molar-refractivity contribution >= 4 is 34.1 Å². The van der Waals surface area contributed by atoms with Gasteiger partial charge in [-0.15, -0.1) is 0 Å². The molecule has 30 heavy (non-hydrogen) atoms. The van der Waals surface area contributed by atoms with E-state index in [4.69, 9.17) is 11.6 Å². The van der Waals surface area contributed by atoms with Crippen molar-refractivity contribution in [2.24, 2.45) is 0 Å². The van der Waals surface area contributed by atoms with Crippen LogP contribution in [0.25, 0.3) is 16.6 Å². The number of carbonyl (C=O) groups is 1. The first-order chi connectivity index (χ1) is 14.6. The maximum absolute atomic E-state index is 13.3. The molecule has 2 aromatic heterocycles. The van der Waals surface area contributed by atoms with E-state index in [0.717, 1.165) is 29.6 Å². The van der Waals surface area contributed by atoms with Crippen LogP contribution < -0.4 is 10.9 Å². The molecule has 0 atom stereocenters. The lowest BCUT2D eigenvalue weighted by Crippen LogP contribution is -2.31. The van der Waals surface area contributed by atoms with E-state index < -0.39 is 0 Å². The average Bonchev–Trinajstić information content (AvgIpc) is 3.50. The average molecular weight is 420 g/mol. The SMILES string of the molecule is O=C(Cn1nc(C2CC2)c2cnn(-c3ccccc3)c2c1=O)Nc1ccc(Cl)cc1. The van der Waals surface area contributed by atoms with Crippen molar-refractivity contribution in [2.75, 3.05) is 5.32 Å². The van der Waals surface area contributed by atoms with E-state index >= 15 is 0 Å². The molecule has 0 unspecified atom stereocenters. The molecule has 150 valence electrons. The van der Waals surface area contributed by atoms with Crippen LogP contribution in [-0.2, 0) is 11.3 Å². The summed E-state index contributed by atoms with van der Waals surface area (Å²) in [5.74, 6) is -0.0362. The van der Waals surface area contributed by atoms with E-state index in [1.54, 1.807) is 35.1 Å². The number of para-hydroxylation sites is 1. The van der Waals surface area contributed by atoms with Gasteiger partial charge in [0.1, 0.15) is 12.1 Å². The molecule has 0 radical (unpaired) electrons. The second-order valence-electron chi connectivity index (χ2n) is 7.33. The van der Waals surface area contributed by atoms with Crippen LogP contribution in [0.15, 0.2) is 65.6 Å². The maximum atomic E-state index is 13.3. The van der Waals surface area contributed by atoms with Crippen LogP contribution in [0.1, 0.15) is 24.5 Å². The Morgan fingerprint density at radius 3 is 2.53 bits per heavy atom. The van der Waals surface area contributed by atoms with Gasteiger partial charge in [0.15, 0.2) is 0 Å². The molecule has 1 fully saturated rings. The van der Waals surface area contributed by atoms with E-state index in [-0.39, 0.29) is 18.0 Å². The largest absolute Gasteiger partial charge is 0.324 e. The van der Waals surface area contributed by atoms with Crippen LogP contribution >= 0.6 is 11.6 Å². The first-order valence-corrected chi connectivity index (χ1v) is 10.1. The molecule has 0 saturated heterocycles. The number of carbonyl (C=O) groups excluding carboxylic acids is 1. The summed E-state index contributed by atoms with van der Waals surface area (Å²) >= 11 is 5.89. The van der Waals surface area contributed by atoms with Crippen LogP contribution in [0.5, 0.6) is 0 Å². The number of amides is 1. The number of nitrogens with one attached hydrogen (secondary N) is 1. The Bertz CT molecular complexity index is 1290. The Balaban J connectivity index is 1.55. The standard InChI is InChI=1S/C22H18ClN5O2/c23-15-8-10-16(11-9-15)25-19(29)13-27-22(30)21-18(20(26-27)14-6-7-14)12-24-28(21)17-4-2-1-3-5-17/h1-5,8-12,14H,6-7,13H2,(H,25,29). The highest BCUT2D eigenvalue weighted by Crippen LogP contribution is 2.41. The summed E-state index contributed by atoms with van der Waals surface area (Å²) in [5, 5.41) is 13.1. The van der Waals surface area contributed by atoms with Crippen molar-refractivity contribution in [1.29, 1.82) is 0 Å². The Kier molecular flexibility index (Phi) is 4.59. The lowest BCUT2D eigenvalue weighted by atomic mass is 10.2. The van der Waals surface area contributed by atoms with Crippen molar-refractivity contribution in [3.63, 3.8) is 0 Å². The minimum Gasteiger partial charge on any atom is -0.324 e. The van der Waals surface area contributed by atoms with Gasteiger partial charge in [-0.25, -0.2) is 9.36 Å². The van der Waals surface area contributed by atoms with Crippen molar-refractivity contribution in [3.8, 4) is 5.69 Å². The number of fused-ring (bicyclic) bond motifs is 1. The lowest BCUT2D eigenvalue weighted by molar-refractivity contribution is -0.117. The number of hydrogen-bond donors (Lipinski definition) is 1. The molecule has 1 saturated carbocycles. The number of halogens is 1. The molecule has 1 amide bonds. The van der Waals surface area contributed by atoms with Crippen LogP contribution in [0.3, 0.4) is 0 Å². The molecule has 2 heterocycles. The summed E-state index contributed by atoms with van der Waals surface area (Å²) in [4.78, 5) is 25.8. The highest BCUT2D eigenvalue weighted by molar-refractivity contribution is 6.30. The molecular formula is C22H18ClN5O2. The summed E-state index contributed by atoms with van der Waals surface area (Å²) in [6, 6.07) is 16.3. The van der Waals surface area contributed by atoms with E-state index in [1.807, 2.05) is 30.3 Å². The van der Waals surface area contributed by atoms with Gasteiger partial charge in [0.25, 0.3) is 5.56 Å². The highest BCUT2D eigenvalue weighted by Gasteiger charge is 2.30. The zero-order valence-electron chi connectivity index (χ0n) is 16.0. The smallest absolute Gasteiger partial charge is 0.293 e. The van der Waals surface area contributed by atoms with Crippen LogP contribution in [0, 0.1) is 0 Å². The molecule has 1 N–H and O–H groups in total. The van der Waals surface area contributed by atoms with Gasteiger partial charge in [0, 0.05) is 22.0 Å². The van der Waals surface area contributed by atoms with Gasteiger partial charge in [0.05, 0.1) is 17.6 Å². The number of hydrogen-bond acceptors (Lipinski definition) is 4. The van der Waals surface area contributed by atoms with E-state index in [2.05, 4.69) is 15.5 Å². The van der Waals surface area contributed by atoms with Gasteiger partial charge in [-0.2, -0.15) is 10.2 Å². The molecule has 4 aromatic rings. The van der Waals surface area contributed by atoms with Gasteiger partial charge in [0.2, 0.25) is 5.91 Å². The second-order valence-corrected chi connectivity index (χ2v) is 7.77. The summed E-state index contributed by atoms with van der Waals surface area (Å²) in [7, 11) is 0. The summed E-state index contributed by atoms with van der Waals surface area (Å²) in [5.41, 5.74) is 2.32. The highest BCUT2D eigenvalue weighted by atomic mass is 35.5.